The van der Waals surface area contributed by atoms with Crippen LogP contribution in [0.3, 0.4) is 0 Å². The van der Waals surface area contributed by atoms with Gasteiger partial charge in [-0.25, -0.2) is 9.97 Å². The van der Waals surface area contributed by atoms with Crippen molar-refractivity contribution < 1.29 is 32.7 Å². The third-order valence-corrected chi connectivity index (χ3v) is 8.70. The summed E-state index contributed by atoms with van der Waals surface area (Å²) in [7, 11) is -7.78. The highest BCUT2D eigenvalue weighted by Crippen LogP contribution is 2.52. The zero-order valence-corrected chi connectivity index (χ0v) is 19.1. The van der Waals surface area contributed by atoms with E-state index < -0.39 is 44.9 Å². The molecule has 0 spiro atoms. The largest absolute Gasteiger partial charge is 0.397 e. The van der Waals surface area contributed by atoms with E-state index in [9.17, 15) is 18.9 Å². The Labute approximate surface area is 174 Å². The van der Waals surface area contributed by atoms with E-state index in [0.717, 1.165) is 0 Å². The molecule has 2 aromatic heterocycles. The Hall–Kier alpha value is -1.32. The number of ether oxygens (including phenoxy) is 1. The van der Waals surface area contributed by atoms with Crippen molar-refractivity contribution in [1.82, 2.24) is 14.5 Å². The Morgan fingerprint density at radius 2 is 1.90 bits per heavy atom. The van der Waals surface area contributed by atoms with Crippen LogP contribution in [0.4, 0.5) is 5.69 Å². The van der Waals surface area contributed by atoms with Crippen molar-refractivity contribution in [3.63, 3.8) is 0 Å². The molecule has 1 fully saturated rings. The van der Waals surface area contributed by atoms with Gasteiger partial charge in [-0.3, -0.25) is 13.7 Å². The molecule has 1 saturated heterocycles. The molecule has 5 atom stereocenters. The molecular weight excluding hydrogens is 434 g/mol. The number of anilines is 1. The van der Waals surface area contributed by atoms with Crippen LogP contribution < -0.4 is 5.73 Å². The van der Waals surface area contributed by atoms with E-state index in [1.54, 1.807) is 44.5 Å². The smallest absolute Gasteiger partial charge is 0.330 e. The summed E-state index contributed by atoms with van der Waals surface area (Å²) in [6.07, 6.45) is 0.957. The van der Waals surface area contributed by atoms with Crippen molar-refractivity contribution in [3.05, 3.63) is 18.6 Å². The average Bonchev–Trinajstić information content (AvgIpc) is 3.24. The van der Waals surface area contributed by atoms with Gasteiger partial charge in [0.25, 0.3) is 0 Å². The first-order valence-corrected chi connectivity index (χ1v) is 12.9. The van der Waals surface area contributed by atoms with Crippen LogP contribution in [0.15, 0.2) is 18.6 Å². The first-order valence-electron chi connectivity index (χ1n) is 9.62. The average molecular weight is 462 g/mol. The van der Waals surface area contributed by atoms with Gasteiger partial charge >= 0.3 is 15.2 Å². The number of hydrogen-bond acceptors (Lipinski definition) is 8. The molecule has 0 saturated carbocycles. The van der Waals surface area contributed by atoms with E-state index in [2.05, 4.69) is 9.97 Å². The minimum absolute atomic E-state index is 0.199. The number of imidazole rings is 1. The topological polar surface area (TPSA) is 159 Å². The molecule has 0 radical (unpaired) electrons. The summed E-state index contributed by atoms with van der Waals surface area (Å²) in [5.74, 6) is 0. The summed E-state index contributed by atoms with van der Waals surface area (Å²) in [4.78, 5) is 28.7. The van der Waals surface area contributed by atoms with Crippen molar-refractivity contribution in [1.29, 1.82) is 0 Å². The van der Waals surface area contributed by atoms with Gasteiger partial charge in [-0.1, -0.05) is 27.7 Å². The van der Waals surface area contributed by atoms with Gasteiger partial charge in [0.2, 0.25) is 0 Å². The maximum absolute atomic E-state index is 12.5. The van der Waals surface area contributed by atoms with E-state index in [4.69, 9.17) is 19.5 Å². The lowest BCUT2D eigenvalue weighted by Gasteiger charge is -2.24. The number of pyridine rings is 1. The van der Waals surface area contributed by atoms with Crippen molar-refractivity contribution in [2.75, 3.05) is 12.3 Å². The highest BCUT2D eigenvalue weighted by atomic mass is 31.2. The van der Waals surface area contributed by atoms with Crippen LogP contribution in [0, 0.1) is 0 Å². The maximum atomic E-state index is 12.5. The van der Waals surface area contributed by atoms with Gasteiger partial charge in [0.05, 0.1) is 36.0 Å². The van der Waals surface area contributed by atoms with E-state index in [0.29, 0.717) is 16.9 Å². The van der Waals surface area contributed by atoms with Crippen LogP contribution in [-0.4, -0.2) is 54.5 Å². The fraction of sp³-hybridized carbons (Fsp3) is 0.647. The highest BCUT2D eigenvalue weighted by Gasteiger charge is 2.43. The van der Waals surface area contributed by atoms with Crippen LogP contribution >= 0.6 is 15.2 Å². The predicted octanol–water partition coefficient (Wildman–Crippen LogP) is 2.89. The van der Waals surface area contributed by atoms with Gasteiger partial charge in [-0.2, -0.15) is 0 Å². The number of rotatable bonds is 8. The Morgan fingerprint density at radius 1 is 1.23 bits per heavy atom. The number of nitrogen functional groups attached to an aromatic ring is 1. The van der Waals surface area contributed by atoms with E-state index in [1.807, 2.05) is 0 Å². The Balaban J connectivity index is 1.86. The lowest BCUT2D eigenvalue weighted by atomic mass is 10.2. The van der Waals surface area contributed by atoms with Crippen LogP contribution in [0.2, 0.25) is 0 Å². The first-order chi connectivity index (χ1) is 13.9. The van der Waals surface area contributed by atoms with Crippen LogP contribution in [-0.2, 0) is 22.9 Å². The summed E-state index contributed by atoms with van der Waals surface area (Å²) >= 11 is 0. The maximum Gasteiger partial charge on any atom is 0.330 e. The van der Waals surface area contributed by atoms with E-state index in [-0.39, 0.29) is 13.0 Å². The molecule has 0 aliphatic carbocycles. The summed E-state index contributed by atoms with van der Waals surface area (Å²) < 4.78 is 43.0. The molecule has 11 nitrogen and oxygen atoms in total. The second-order valence-electron chi connectivity index (χ2n) is 7.84. The third-order valence-electron chi connectivity index (χ3n) is 5.00. The van der Waals surface area contributed by atoms with Crippen molar-refractivity contribution in [2.45, 2.75) is 63.9 Å². The molecule has 0 aromatic carbocycles. The molecule has 30 heavy (non-hydrogen) atoms. The summed E-state index contributed by atoms with van der Waals surface area (Å²) in [5, 5.41) is 0. The molecule has 4 N–H and O–H groups in total. The normalized spacial score (nSPS) is 26.3. The second-order valence-corrected chi connectivity index (χ2v) is 12.6. The first kappa shape index (κ1) is 23.3. The summed E-state index contributed by atoms with van der Waals surface area (Å²) in [6, 6.07) is 1.63. The molecule has 3 rings (SSSR count). The minimum Gasteiger partial charge on any atom is -0.397 e. The molecule has 0 amide bonds. The predicted molar refractivity (Wildman–Crippen MR) is 111 cm³/mol. The molecule has 0 bridgehead atoms. The second kappa shape index (κ2) is 8.67. The number of nitrogens with zero attached hydrogens (tertiary/aromatic N) is 3. The number of hydrogen-bond donors (Lipinski definition) is 3. The van der Waals surface area contributed by atoms with E-state index >= 15 is 0 Å². The van der Waals surface area contributed by atoms with Gasteiger partial charge in [-0.05, 0) is 6.07 Å². The number of aromatic nitrogens is 3. The molecule has 168 valence electrons. The minimum atomic E-state index is -3.92. The monoisotopic (exact) mass is 462 g/mol. The van der Waals surface area contributed by atoms with Crippen molar-refractivity contribution in [3.8, 4) is 0 Å². The van der Waals surface area contributed by atoms with Crippen LogP contribution in [0.5, 0.6) is 0 Å². The molecule has 2 aromatic rings. The lowest BCUT2D eigenvalue weighted by Crippen LogP contribution is -2.29. The quantitative estimate of drug-likeness (QED) is 0.498. The van der Waals surface area contributed by atoms with Crippen molar-refractivity contribution >= 4 is 32.0 Å². The zero-order chi connectivity index (χ0) is 22.3. The van der Waals surface area contributed by atoms with Gasteiger partial charge < -0.3 is 29.3 Å². The molecule has 13 heteroatoms. The zero-order valence-electron chi connectivity index (χ0n) is 17.3. The Kier molecular flexibility index (Phi) is 6.74. The molecule has 1 aliphatic rings. The van der Waals surface area contributed by atoms with Gasteiger partial charge in [0.1, 0.15) is 17.8 Å². The fourth-order valence-corrected chi connectivity index (χ4v) is 4.45. The van der Waals surface area contributed by atoms with Crippen LogP contribution in [0.1, 0.15) is 40.3 Å². The summed E-state index contributed by atoms with van der Waals surface area (Å²) in [5.41, 5.74) is 6.18. The van der Waals surface area contributed by atoms with Gasteiger partial charge in [-0.15, -0.1) is 0 Å². The molecule has 1 aliphatic heterocycles. The number of nitrogens with two attached hydrogens (primary N) is 1. The van der Waals surface area contributed by atoms with Gasteiger partial charge in [0.15, 0.2) is 5.65 Å². The van der Waals surface area contributed by atoms with Crippen molar-refractivity contribution in [2.24, 2.45) is 0 Å². The standard InChI is InChI=1S/C17H28N4O7P2/c1-10(2)29(22,23)26-8-14-13(28-30(24,25)11(3)4)7-15(27-14)21-9-20-16-12(18)5-6-19-17(16)21/h5-6,9-11,13-15H,7-8H2,1-4H3,(H2,18,19)(H,22,23)(H,24,25)/t13-,14+,15+/m0/s1. The SMILES string of the molecule is CC(C)P(=O)(O)OC[C@H]1O[C@@H](n2cnc3c(N)ccnc32)C[C@@H]1OP(=O)(O)C(C)C. The highest BCUT2D eigenvalue weighted by molar-refractivity contribution is 7.53. The Morgan fingerprint density at radius 3 is 2.53 bits per heavy atom. The third kappa shape index (κ3) is 4.78. The molecule has 3 heterocycles. The van der Waals surface area contributed by atoms with Gasteiger partial charge in [0, 0.05) is 12.6 Å². The van der Waals surface area contributed by atoms with E-state index in [1.165, 1.54) is 6.33 Å². The molecular formula is C17H28N4O7P2. The lowest BCUT2D eigenvalue weighted by molar-refractivity contribution is -0.0372. The Bertz CT molecular complexity index is 996. The summed E-state index contributed by atoms with van der Waals surface area (Å²) in [6.45, 7) is 6.03. The van der Waals surface area contributed by atoms with Crippen LogP contribution in [0.25, 0.3) is 11.2 Å². The number of fused-ring (bicyclic) bond motifs is 1. The molecule has 2 unspecified atom stereocenters. The fourth-order valence-electron chi connectivity index (χ4n) is 2.94.